The van der Waals surface area contributed by atoms with Crippen LogP contribution < -0.4 is 11.5 Å². The molecule has 0 aliphatic carbocycles. The molecule has 2 heterocycles. The monoisotopic (exact) mass is 528 g/mol. The summed E-state index contributed by atoms with van der Waals surface area (Å²) in [7, 11) is -10.7. The lowest BCUT2D eigenvalue weighted by Gasteiger charge is -2.19. The van der Waals surface area contributed by atoms with Gasteiger partial charge in [0.05, 0.1) is 35.2 Å². The fourth-order valence-electron chi connectivity index (χ4n) is 3.48. The molecule has 0 bridgehead atoms. The highest BCUT2D eigenvalue weighted by atomic mass is 32.2. The topological polar surface area (TPSA) is 238 Å². The Bertz CT molecular complexity index is 1680. The number of benzene rings is 2. The van der Waals surface area contributed by atoms with Crippen LogP contribution in [0.4, 0.5) is 0 Å². The summed E-state index contributed by atoms with van der Waals surface area (Å²) in [6.45, 7) is 0. The fraction of sp³-hybridized carbons (Fsp3) is 0. The molecule has 184 valence electrons. The van der Waals surface area contributed by atoms with Gasteiger partial charge in [-0.2, -0.15) is 16.8 Å². The minimum atomic E-state index is -5.38. The van der Waals surface area contributed by atoms with E-state index in [-0.39, 0.29) is 22.6 Å². The van der Waals surface area contributed by atoms with E-state index in [0.29, 0.717) is 5.56 Å². The molecule has 0 atom stereocenters. The zero-order valence-electron chi connectivity index (χ0n) is 18.0. The number of aromatic nitrogens is 6. The van der Waals surface area contributed by atoms with E-state index in [9.17, 15) is 25.9 Å². The third-order valence-electron chi connectivity index (χ3n) is 4.96. The number of hydrogen-bond acceptors (Lipinski definition) is 12. The molecule has 0 unspecified atom stereocenters. The van der Waals surface area contributed by atoms with Gasteiger partial charge in [-0.25, -0.2) is 0 Å². The SMILES string of the molecule is NC(=C(N)c1cc(-c2ccnnn2)c(-c2ccnnn2)c(S(=O)(=O)O)c1S(=O)(=O)O)c1ccccc1. The maximum Gasteiger partial charge on any atom is 0.296 e. The Hall–Kier alpha value is -4.38. The molecule has 14 nitrogen and oxygen atoms in total. The predicted molar refractivity (Wildman–Crippen MR) is 125 cm³/mol. The highest BCUT2D eigenvalue weighted by molar-refractivity contribution is 7.89. The fourth-order valence-corrected chi connectivity index (χ4v) is 5.71. The van der Waals surface area contributed by atoms with Gasteiger partial charge in [0.25, 0.3) is 20.2 Å². The average molecular weight is 529 g/mol. The summed E-state index contributed by atoms with van der Waals surface area (Å²) in [5.41, 5.74) is 10.9. The van der Waals surface area contributed by atoms with Crippen LogP contribution in [0.3, 0.4) is 0 Å². The van der Waals surface area contributed by atoms with Gasteiger partial charge >= 0.3 is 0 Å². The molecule has 0 fully saturated rings. The Morgan fingerprint density at radius 3 is 1.78 bits per heavy atom. The summed E-state index contributed by atoms with van der Waals surface area (Å²) >= 11 is 0. The summed E-state index contributed by atoms with van der Waals surface area (Å²) in [6, 6.07) is 11.8. The molecule has 6 N–H and O–H groups in total. The molecular weight excluding hydrogens is 512 g/mol. The Labute approximate surface area is 204 Å². The molecule has 2 aromatic heterocycles. The first-order chi connectivity index (χ1) is 17.0. The van der Waals surface area contributed by atoms with E-state index in [1.807, 2.05) is 0 Å². The molecule has 0 saturated heterocycles. The minimum Gasteiger partial charge on any atom is -0.397 e. The third-order valence-corrected chi connectivity index (χ3v) is 6.95. The van der Waals surface area contributed by atoms with Crippen molar-refractivity contribution in [2.45, 2.75) is 9.79 Å². The molecule has 2 aromatic carbocycles. The van der Waals surface area contributed by atoms with Crippen molar-refractivity contribution in [3.05, 3.63) is 72.1 Å². The lowest BCUT2D eigenvalue weighted by Crippen LogP contribution is -2.18. The quantitative estimate of drug-likeness (QED) is 0.198. The van der Waals surface area contributed by atoms with Crippen LogP contribution in [-0.2, 0) is 20.2 Å². The molecule has 36 heavy (non-hydrogen) atoms. The molecule has 0 aliphatic heterocycles. The normalized spacial score (nSPS) is 12.7. The van der Waals surface area contributed by atoms with E-state index in [0.717, 1.165) is 12.3 Å². The van der Waals surface area contributed by atoms with Gasteiger partial charge in [-0.1, -0.05) is 30.3 Å². The van der Waals surface area contributed by atoms with Crippen LogP contribution >= 0.6 is 0 Å². The second kappa shape index (κ2) is 9.34. The standard InChI is InChI=1S/C20H16N8O6S2/c21-17(11-4-2-1-3-5-11)18(22)13-10-12(14-6-8-23-27-25-14)16(15-7-9-24-28-26-15)20(36(32,33)34)19(13)35(29,30)31/h1-10H,21-22H2,(H,29,30,31)(H,32,33,34). The Balaban J connectivity index is 2.28. The number of hydrogen-bond donors (Lipinski definition) is 4. The van der Waals surface area contributed by atoms with Crippen molar-refractivity contribution in [1.82, 2.24) is 30.8 Å². The first kappa shape index (κ1) is 24.7. The van der Waals surface area contributed by atoms with Crippen LogP contribution in [0.1, 0.15) is 11.1 Å². The lowest BCUT2D eigenvalue weighted by molar-refractivity contribution is 0.466. The maximum absolute atomic E-state index is 12.7. The Kier molecular flexibility index (Phi) is 6.42. The zero-order valence-corrected chi connectivity index (χ0v) is 19.6. The molecular formula is C20H16N8O6S2. The van der Waals surface area contributed by atoms with Gasteiger partial charge in [0, 0.05) is 16.7 Å². The van der Waals surface area contributed by atoms with Crippen molar-refractivity contribution < 1.29 is 25.9 Å². The summed E-state index contributed by atoms with van der Waals surface area (Å²) in [4.78, 5) is -2.44. The van der Waals surface area contributed by atoms with Crippen molar-refractivity contribution in [3.63, 3.8) is 0 Å². The molecule has 0 saturated carbocycles. The van der Waals surface area contributed by atoms with E-state index in [1.165, 1.54) is 18.3 Å². The minimum absolute atomic E-state index is 0.00210. The lowest BCUT2D eigenvalue weighted by atomic mass is 9.96. The molecule has 0 spiro atoms. The average Bonchev–Trinajstić information content (AvgIpc) is 2.87. The molecule has 0 radical (unpaired) electrons. The Morgan fingerprint density at radius 1 is 0.722 bits per heavy atom. The molecule has 0 aliphatic rings. The summed E-state index contributed by atoms with van der Waals surface area (Å²) in [6.07, 6.45) is 2.39. The highest BCUT2D eigenvalue weighted by Gasteiger charge is 2.35. The van der Waals surface area contributed by atoms with Crippen LogP contribution in [0.25, 0.3) is 33.9 Å². The van der Waals surface area contributed by atoms with E-state index in [2.05, 4.69) is 30.8 Å². The number of rotatable bonds is 6. The summed E-state index contributed by atoms with van der Waals surface area (Å²) < 4.78 is 70.9. The molecule has 4 aromatic rings. The van der Waals surface area contributed by atoms with E-state index < -0.39 is 46.9 Å². The Morgan fingerprint density at radius 2 is 1.28 bits per heavy atom. The van der Waals surface area contributed by atoms with Crippen molar-refractivity contribution in [2.75, 3.05) is 0 Å². The van der Waals surface area contributed by atoms with Gasteiger partial charge in [0.2, 0.25) is 0 Å². The van der Waals surface area contributed by atoms with Crippen LogP contribution in [0.5, 0.6) is 0 Å². The first-order valence-electron chi connectivity index (χ1n) is 9.76. The predicted octanol–water partition coefficient (Wildman–Crippen LogP) is 0.627. The van der Waals surface area contributed by atoms with Crippen molar-refractivity contribution in [2.24, 2.45) is 11.5 Å². The van der Waals surface area contributed by atoms with Gasteiger partial charge in [0.1, 0.15) is 9.79 Å². The smallest absolute Gasteiger partial charge is 0.296 e. The zero-order chi connectivity index (χ0) is 26.1. The van der Waals surface area contributed by atoms with Gasteiger partial charge < -0.3 is 11.5 Å². The van der Waals surface area contributed by atoms with Crippen LogP contribution in [0, 0.1) is 0 Å². The van der Waals surface area contributed by atoms with Gasteiger partial charge in [-0.3, -0.25) is 9.11 Å². The molecule has 0 amide bonds. The van der Waals surface area contributed by atoms with Crippen molar-refractivity contribution in [1.29, 1.82) is 0 Å². The highest BCUT2D eigenvalue weighted by Crippen LogP contribution is 2.42. The summed E-state index contributed by atoms with van der Waals surface area (Å²) in [5, 5.41) is 21.6. The van der Waals surface area contributed by atoms with Crippen LogP contribution in [0.15, 0.2) is 70.7 Å². The maximum atomic E-state index is 12.7. The third kappa shape index (κ3) is 4.73. The van der Waals surface area contributed by atoms with Gasteiger partial charge in [-0.15, -0.1) is 20.4 Å². The van der Waals surface area contributed by atoms with Crippen molar-refractivity contribution >= 4 is 31.6 Å². The van der Waals surface area contributed by atoms with E-state index in [1.54, 1.807) is 30.3 Å². The first-order valence-corrected chi connectivity index (χ1v) is 12.6. The van der Waals surface area contributed by atoms with Gasteiger partial charge in [-0.05, 0) is 34.2 Å². The number of nitrogens with two attached hydrogens (primary N) is 2. The van der Waals surface area contributed by atoms with Crippen LogP contribution in [0.2, 0.25) is 0 Å². The molecule has 4 rings (SSSR count). The number of nitrogens with zero attached hydrogens (tertiary/aromatic N) is 6. The van der Waals surface area contributed by atoms with E-state index >= 15 is 0 Å². The van der Waals surface area contributed by atoms with Crippen molar-refractivity contribution in [3.8, 4) is 22.5 Å². The largest absolute Gasteiger partial charge is 0.397 e. The van der Waals surface area contributed by atoms with E-state index in [4.69, 9.17) is 11.5 Å². The second-order valence-electron chi connectivity index (χ2n) is 7.16. The second-order valence-corrected chi connectivity index (χ2v) is 9.88. The molecule has 16 heteroatoms. The van der Waals surface area contributed by atoms with Crippen LogP contribution in [-0.4, -0.2) is 56.8 Å². The van der Waals surface area contributed by atoms with Gasteiger partial charge in [0.15, 0.2) is 0 Å². The summed E-state index contributed by atoms with van der Waals surface area (Å²) in [5.74, 6) is 0.